The summed E-state index contributed by atoms with van der Waals surface area (Å²) in [7, 11) is 3.70. The Kier molecular flexibility index (Phi) is 4.46. The second-order valence-corrected chi connectivity index (χ2v) is 2.84. The van der Waals surface area contributed by atoms with Crippen LogP contribution in [0.3, 0.4) is 0 Å². The number of hydrogen-bond donors (Lipinski definition) is 2. The molecule has 13 heavy (non-hydrogen) atoms. The molecule has 0 aliphatic rings. The quantitative estimate of drug-likeness (QED) is 0.665. The minimum atomic E-state index is 0.605. The predicted octanol–water partition coefficient (Wildman–Crippen LogP) is 1.06. The average molecular weight is 180 g/mol. The molecule has 0 aliphatic heterocycles. The van der Waals surface area contributed by atoms with Crippen molar-refractivity contribution in [2.75, 3.05) is 14.1 Å². The fourth-order valence-corrected chi connectivity index (χ4v) is 1.19. The molecule has 0 unspecified atom stereocenters. The summed E-state index contributed by atoms with van der Waals surface area (Å²) in [6.45, 7) is 1.50. The smallest absolute Gasteiger partial charge is 0.0932 e. The van der Waals surface area contributed by atoms with E-state index in [0.717, 1.165) is 6.54 Å². The van der Waals surface area contributed by atoms with E-state index in [1.165, 1.54) is 11.1 Å². The number of benzene rings is 1. The lowest BCUT2D eigenvalue weighted by Gasteiger charge is -2.04. The van der Waals surface area contributed by atoms with E-state index in [9.17, 15) is 0 Å². The normalized spacial score (nSPS) is 10.3. The van der Waals surface area contributed by atoms with E-state index in [2.05, 4.69) is 29.0 Å². The fraction of sp³-hybridized carbons (Fsp3) is 0.400. The summed E-state index contributed by atoms with van der Waals surface area (Å²) in [5, 5.41) is 3.11. The van der Waals surface area contributed by atoms with Crippen molar-refractivity contribution in [3.05, 3.63) is 35.4 Å². The maximum atomic E-state index is 5.08. The van der Waals surface area contributed by atoms with Crippen molar-refractivity contribution in [3.8, 4) is 0 Å². The maximum absolute atomic E-state index is 5.08. The first-order valence-corrected chi connectivity index (χ1v) is 4.37. The lowest BCUT2D eigenvalue weighted by Crippen LogP contribution is -2.08. The van der Waals surface area contributed by atoms with E-state index in [-0.39, 0.29) is 0 Å². The van der Waals surface area contributed by atoms with Gasteiger partial charge >= 0.3 is 0 Å². The zero-order valence-electron chi connectivity index (χ0n) is 8.13. The highest BCUT2D eigenvalue weighted by atomic mass is 16.6. The van der Waals surface area contributed by atoms with Crippen LogP contribution in [0.2, 0.25) is 0 Å². The molecular weight excluding hydrogens is 164 g/mol. The summed E-state index contributed by atoms with van der Waals surface area (Å²) in [5.41, 5.74) is 5.11. The van der Waals surface area contributed by atoms with Gasteiger partial charge in [-0.2, -0.15) is 0 Å². The standard InChI is InChI=1S/C10H16N2O/c1-11-7-9-4-3-5-10(6-9)8-13-12-2/h3-6,11-12H,7-8H2,1-2H3. The van der Waals surface area contributed by atoms with Crippen molar-refractivity contribution >= 4 is 0 Å². The van der Waals surface area contributed by atoms with Crippen molar-refractivity contribution in [2.24, 2.45) is 0 Å². The maximum Gasteiger partial charge on any atom is 0.0932 e. The third-order valence-corrected chi connectivity index (χ3v) is 1.76. The van der Waals surface area contributed by atoms with Crippen molar-refractivity contribution in [1.82, 2.24) is 10.8 Å². The van der Waals surface area contributed by atoms with E-state index in [4.69, 9.17) is 4.84 Å². The van der Waals surface area contributed by atoms with Crippen LogP contribution in [0.1, 0.15) is 11.1 Å². The van der Waals surface area contributed by atoms with Crippen molar-refractivity contribution in [1.29, 1.82) is 0 Å². The van der Waals surface area contributed by atoms with Gasteiger partial charge in [-0.05, 0) is 18.2 Å². The molecule has 3 nitrogen and oxygen atoms in total. The molecule has 0 bridgehead atoms. The summed E-state index contributed by atoms with van der Waals surface area (Å²) >= 11 is 0. The minimum Gasteiger partial charge on any atom is -0.316 e. The molecule has 1 aromatic rings. The number of hydroxylamine groups is 1. The molecule has 3 heteroatoms. The molecule has 0 aliphatic carbocycles. The van der Waals surface area contributed by atoms with Crippen LogP contribution in [-0.4, -0.2) is 14.1 Å². The largest absolute Gasteiger partial charge is 0.316 e. The van der Waals surface area contributed by atoms with Crippen molar-refractivity contribution in [2.45, 2.75) is 13.2 Å². The van der Waals surface area contributed by atoms with Crippen LogP contribution in [0.4, 0.5) is 0 Å². The van der Waals surface area contributed by atoms with Crippen LogP contribution in [0, 0.1) is 0 Å². The van der Waals surface area contributed by atoms with Crippen LogP contribution in [0.25, 0.3) is 0 Å². The molecule has 1 aromatic carbocycles. The Morgan fingerprint density at radius 2 is 2.00 bits per heavy atom. The van der Waals surface area contributed by atoms with Gasteiger partial charge < -0.3 is 5.32 Å². The van der Waals surface area contributed by atoms with Crippen LogP contribution >= 0.6 is 0 Å². The third-order valence-electron chi connectivity index (χ3n) is 1.76. The van der Waals surface area contributed by atoms with E-state index in [1.807, 2.05) is 13.1 Å². The molecule has 0 heterocycles. The summed E-state index contributed by atoms with van der Waals surface area (Å²) in [5.74, 6) is 0. The Hall–Kier alpha value is -0.900. The summed E-state index contributed by atoms with van der Waals surface area (Å²) in [4.78, 5) is 5.08. The Labute approximate surface area is 79.1 Å². The van der Waals surface area contributed by atoms with Gasteiger partial charge in [0.1, 0.15) is 0 Å². The van der Waals surface area contributed by atoms with E-state index in [1.54, 1.807) is 7.05 Å². The fourth-order valence-electron chi connectivity index (χ4n) is 1.19. The first kappa shape index (κ1) is 10.2. The molecule has 1 rings (SSSR count). The molecule has 0 atom stereocenters. The SMILES string of the molecule is CNCc1cccc(CONC)c1. The zero-order chi connectivity index (χ0) is 9.52. The van der Waals surface area contributed by atoms with Gasteiger partial charge in [-0.25, -0.2) is 5.48 Å². The van der Waals surface area contributed by atoms with Gasteiger partial charge in [0, 0.05) is 13.6 Å². The lowest BCUT2D eigenvalue weighted by molar-refractivity contribution is 0.0444. The van der Waals surface area contributed by atoms with Crippen LogP contribution in [0.5, 0.6) is 0 Å². The summed E-state index contributed by atoms with van der Waals surface area (Å²) in [6, 6.07) is 8.32. The minimum absolute atomic E-state index is 0.605. The molecule has 0 radical (unpaired) electrons. The van der Waals surface area contributed by atoms with Gasteiger partial charge in [0.25, 0.3) is 0 Å². The molecule has 0 saturated carbocycles. The van der Waals surface area contributed by atoms with Gasteiger partial charge in [0.2, 0.25) is 0 Å². The highest BCUT2D eigenvalue weighted by Crippen LogP contribution is 2.05. The molecule has 0 amide bonds. The predicted molar refractivity (Wildman–Crippen MR) is 53.1 cm³/mol. The Balaban J connectivity index is 2.56. The highest BCUT2D eigenvalue weighted by molar-refractivity contribution is 5.22. The van der Waals surface area contributed by atoms with E-state index >= 15 is 0 Å². The number of rotatable bonds is 5. The Morgan fingerprint density at radius 1 is 1.23 bits per heavy atom. The van der Waals surface area contributed by atoms with Crippen LogP contribution in [-0.2, 0) is 18.0 Å². The van der Waals surface area contributed by atoms with Gasteiger partial charge in [0.05, 0.1) is 6.61 Å². The van der Waals surface area contributed by atoms with Crippen molar-refractivity contribution in [3.63, 3.8) is 0 Å². The highest BCUT2D eigenvalue weighted by Gasteiger charge is 1.94. The van der Waals surface area contributed by atoms with Crippen molar-refractivity contribution < 1.29 is 4.84 Å². The topological polar surface area (TPSA) is 33.3 Å². The first-order valence-electron chi connectivity index (χ1n) is 4.37. The molecular formula is C10H16N2O. The molecule has 0 fully saturated rings. The first-order chi connectivity index (χ1) is 6.36. The molecule has 0 spiro atoms. The van der Waals surface area contributed by atoms with E-state index in [0.29, 0.717) is 6.61 Å². The van der Waals surface area contributed by atoms with E-state index < -0.39 is 0 Å². The Bertz CT molecular complexity index is 250. The monoisotopic (exact) mass is 180 g/mol. The summed E-state index contributed by atoms with van der Waals surface area (Å²) in [6.07, 6.45) is 0. The number of nitrogens with one attached hydrogen (secondary N) is 2. The average Bonchev–Trinajstić information content (AvgIpc) is 2.16. The second-order valence-electron chi connectivity index (χ2n) is 2.84. The zero-order valence-corrected chi connectivity index (χ0v) is 8.13. The number of hydrogen-bond acceptors (Lipinski definition) is 3. The summed E-state index contributed by atoms with van der Waals surface area (Å²) < 4.78 is 0. The second kappa shape index (κ2) is 5.70. The van der Waals surface area contributed by atoms with Crippen LogP contribution in [0.15, 0.2) is 24.3 Å². The third kappa shape index (κ3) is 3.55. The van der Waals surface area contributed by atoms with Gasteiger partial charge in [-0.1, -0.05) is 24.3 Å². The van der Waals surface area contributed by atoms with Gasteiger partial charge in [0.15, 0.2) is 0 Å². The lowest BCUT2D eigenvalue weighted by atomic mass is 10.1. The van der Waals surface area contributed by atoms with Crippen LogP contribution < -0.4 is 10.8 Å². The molecule has 0 saturated heterocycles. The Morgan fingerprint density at radius 3 is 2.69 bits per heavy atom. The molecule has 2 N–H and O–H groups in total. The molecule has 72 valence electrons. The van der Waals surface area contributed by atoms with Gasteiger partial charge in [-0.3, -0.25) is 4.84 Å². The van der Waals surface area contributed by atoms with Gasteiger partial charge in [-0.15, -0.1) is 0 Å². The molecule has 0 aromatic heterocycles.